The van der Waals surface area contributed by atoms with E-state index in [-0.39, 0.29) is 25.9 Å². The second-order valence-corrected chi connectivity index (χ2v) is 6.63. The van der Waals surface area contributed by atoms with Crippen LogP contribution in [0.15, 0.2) is 0 Å². The maximum Gasteiger partial charge on any atom is 0.394 e. The van der Waals surface area contributed by atoms with Crippen molar-refractivity contribution >= 4 is 0 Å². The fourth-order valence-electron chi connectivity index (χ4n) is 3.42. The van der Waals surface area contributed by atoms with E-state index in [9.17, 15) is 18.3 Å². The molecule has 0 aromatic carbocycles. The van der Waals surface area contributed by atoms with Gasteiger partial charge in [0.1, 0.15) is 0 Å². The van der Waals surface area contributed by atoms with Crippen LogP contribution in [-0.4, -0.2) is 30.0 Å². The maximum absolute atomic E-state index is 12.8. The highest BCUT2D eigenvalue weighted by Gasteiger charge is 2.63. The first-order valence-electron chi connectivity index (χ1n) is 6.82. The Balaban J connectivity index is 1.50. The summed E-state index contributed by atoms with van der Waals surface area (Å²) in [6.07, 6.45) is 1.11. The van der Waals surface area contributed by atoms with E-state index in [1.165, 1.54) is 12.8 Å². The summed E-state index contributed by atoms with van der Waals surface area (Å²) in [5, 5.41) is 12.5. The molecule has 0 aliphatic heterocycles. The van der Waals surface area contributed by atoms with Gasteiger partial charge in [0.05, 0.1) is 12.0 Å². The molecule has 0 bridgehead atoms. The average molecular weight is 263 g/mol. The van der Waals surface area contributed by atoms with Crippen molar-refractivity contribution in [1.29, 1.82) is 0 Å². The van der Waals surface area contributed by atoms with Gasteiger partial charge < -0.3 is 10.4 Å². The van der Waals surface area contributed by atoms with E-state index in [1.54, 1.807) is 0 Å². The van der Waals surface area contributed by atoms with Crippen LogP contribution in [0.25, 0.3) is 0 Å². The molecule has 0 aromatic heterocycles. The Morgan fingerprint density at radius 2 is 1.78 bits per heavy atom. The Bertz CT molecular complexity index is 326. The topological polar surface area (TPSA) is 32.3 Å². The molecule has 0 aromatic rings. The number of aliphatic hydroxyl groups excluding tert-OH is 1. The monoisotopic (exact) mass is 263 g/mol. The molecular weight excluding hydrogens is 243 g/mol. The molecule has 18 heavy (non-hydrogen) atoms. The summed E-state index contributed by atoms with van der Waals surface area (Å²) >= 11 is 0. The molecule has 104 valence electrons. The zero-order valence-electron chi connectivity index (χ0n) is 10.4. The fraction of sp³-hybridized carbons (Fsp3) is 1.00. The van der Waals surface area contributed by atoms with Crippen LogP contribution >= 0.6 is 0 Å². The Morgan fingerprint density at radius 1 is 1.17 bits per heavy atom. The molecular formula is C13H20F3NO. The van der Waals surface area contributed by atoms with Crippen molar-refractivity contribution < 1.29 is 18.3 Å². The van der Waals surface area contributed by atoms with Gasteiger partial charge in [-0.15, -0.1) is 0 Å². The third kappa shape index (κ3) is 2.16. The van der Waals surface area contributed by atoms with Gasteiger partial charge >= 0.3 is 6.18 Å². The number of rotatable bonds is 5. The zero-order valence-corrected chi connectivity index (χ0v) is 10.4. The summed E-state index contributed by atoms with van der Waals surface area (Å²) < 4.78 is 38.5. The van der Waals surface area contributed by atoms with E-state index in [1.807, 2.05) is 0 Å². The minimum absolute atomic E-state index is 0.0382. The molecule has 0 heterocycles. The van der Waals surface area contributed by atoms with Crippen molar-refractivity contribution in [2.45, 2.75) is 63.2 Å². The Labute approximate surface area is 105 Å². The SMILES string of the molecule is OC[C@@H](CC1(C(F)(F)F)CC1)NC1CC2(CC2)C1. The number of aliphatic hydroxyl groups is 1. The molecule has 0 radical (unpaired) electrons. The normalized spacial score (nSPS) is 30.0. The molecule has 3 fully saturated rings. The van der Waals surface area contributed by atoms with Gasteiger partial charge in [-0.1, -0.05) is 0 Å². The fourth-order valence-corrected chi connectivity index (χ4v) is 3.42. The van der Waals surface area contributed by atoms with Crippen LogP contribution in [-0.2, 0) is 0 Å². The third-order valence-electron chi connectivity index (χ3n) is 5.10. The van der Waals surface area contributed by atoms with Gasteiger partial charge in [-0.3, -0.25) is 0 Å². The van der Waals surface area contributed by atoms with Crippen LogP contribution in [0.3, 0.4) is 0 Å². The quantitative estimate of drug-likeness (QED) is 0.799. The van der Waals surface area contributed by atoms with Gasteiger partial charge in [-0.2, -0.15) is 13.2 Å². The molecule has 3 rings (SSSR count). The second-order valence-electron chi connectivity index (χ2n) is 6.63. The Kier molecular flexibility index (Phi) is 2.73. The standard InChI is InChI=1S/C13H20F3NO/c14-13(15,16)12(3-4-12)7-10(8-18)17-9-5-11(6-9)1-2-11/h9-10,17-18H,1-8H2/t10-/m1/s1. The van der Waals surface area contributed by atoms with Crippen LogP contribution in [0.5, 0.6) is 0 Å². The number of halogens is 3. The molecule has 0 amide bonds. The molecule has 0 unspecified atom stereocenters. The number of alkyl halides is 3. The average Bonchev–Trinajstić information content (AvgIpc) is 3.06. The van der Waals surface area contributed by atoms with Crippen LogP contribution in [0.4, 0.5) is 13.2 Å². The smallest absolute Gasteiger partial charge is 0.394 e. The third-order valence-corrected chi connectivity index (χ3v) is 5.10. The van der Waals surface area contributed by atoms with E-state index in [4.69, 9.17) is 0 Å². The zero-order chi connectivity index (χ0) is 13.0. The molecule has 5 heteroatoms. The highest BCUT2D eigenvalue weighted by atomic mass is 19.4. The van der Waals surface area contributed by atoms with Crippen molar-refractivity contribution in [1.82, 2.24) is 5.32 Å². The van der Waals surface area contributed by atoms with Gasteiger partial charge in [0.25, 0.3) is 0 Å². The molecule has 1 atom stereocenters. The predicted molar refractivity (Wildman–Crippen MR) is 61.0 cm³/mol. The van der Waals surface area contributed by atoms with Gasteiger partial charge in [0.2, 0.25) is 0 Å². The largest absolute Gasteiger partial charge is 0.395 e. The van der Waals surface area contributed by atoms with Crippen LogP contribution in [0.2, 0.25) is 0 Å². The van der Waals surface area contributed by atoms with Gasteiger partial charge in [0, 0.05) is 12.1 Å². The first kappa shape index (κ1) is 12.7. The Morgan fingerprint density at radius 3 is 2.17 bits per heavy atom. The van der Waals surface area contributed by atoms with Crippen molar-refractivity contribution in [2.24, 2.45) is 10.8 Å². The van der Waals surface area contributed by atoms with E-state index in [2.05, 4.69) is 5.32 Å². The first-order valence-corrected chi connectivity index (χ1v) is 6.82. The van der Waals surface area contributed by atoms with Crippen LogP contribution in [0, 0.1) is 10.8 Å². The molecule has 3 aliphatic carbocycles. The minimum atomic E-state index is -4.11. The van der Waals surface area contributed by atoms with Gasteiger partial charge in [-0.25, -0.2) is 0 Å². The lowest BCUT2D eigenvalue weighted by Gasteiger charge is -2.39. The Hall–Kier alpha value is -0.290. The van der Waals surface area contributed by atoms with Gasteiger partial charge in [-0.05, 0) is 50.4 Å². The highest BCUT2D eigenvalue weighted by molar-refractivity contribution is 5.08. The lowest BCUT2D eigenvalue weighted by atomic mass is 9.76. The van der Waals surface area contributed by atoms with Gasteiger partial charge in [0.15, 0.2) is 0 Å². The molecule has 2 nitrogen and oxygen atoms in total. The molecule has 2 N–H and O–H groups in total. The molecule has 0 saturated heterocycles. The summed E-state index contributed by atoms with van der Waals surface area (Å²) in [6.45, 7) is -0.193. The van der Waals surface area contributed by atoms with Crippen molar-refractivity contribution in [3.05, 3.63) is 0 Å². The van der Waals surface area contributed by atoms with Crippen molar-refractivity contribution in [2.75, 3.05) is 6.61 Å². The summed E-state index contributed by atoms with van der Waals surface area (Å²) in [7, 11) is 0. The summed E-state index contributed by atoms with van der Waals surface area (Å²) in [4.78, 5) is 0. The van der Waals surface area contributed by atoms with E-state index < -0.39 is 17.6 Å². The van der Waals surface area contributed by atoms with Crippen LogP contribution in [0.1, 0.15) is 44.9 Å². The van der Waals surface area contributed by atoms with Crippen molar-refractivity contribution in [3.8, 4) is 0 Å². The number of hydrogen-bond donors (Lipinski definition) is 2. The number of hydrogen-bond acceptors (Lipinski definition) is 2. The number of nitrogens with one attached hydrogen (secondary N) is 1. The van der Waals surface area contributed by atoms with E-state index in [0.717, 1.165) is 12.8 Å². The minimum Gasteiger partial charge on any atom is -0.395 e. The van der Waals surface area contributed by atoms with Crippen molar-refractivity contribution in [3.63, 3.8) is 0 Å². The van der Waals surface area contributed by atoms with Crippen LogP contribution < -0.4 is 5.32 Å². The van der Waals surface area contributed by atoms with E-state index in [0.29, 0.717) is 11.5 Å². The summed E-state index contributed by atoms with van der Waals surface area (Å²) in [5.41, 5.74) is -0.965. The first-order chi connectivity index (χ1) is 8.38. The highest BCUT2D eigenvalue weighted by Crippen LogP contribution is 2.62. The van der Waals surface area contributed by atoms with E-state index >= 15 is 0 Å². The maximum atomic E-state index is 12.8. The predicted octanol–water partition coefficient (Wildman–Crippen LogP) is 2.61. The summed E-state index contributed by atoms with van der Waals surface area (Å²) in [6, 6.07) is -0.0658. The molecule has 1 spiro atoms. The molecule has 3 aliphatic rings. The second kappa shape index (κ2) is 3.85. The lowest BCUT2D eigenvalue weighted by molar-refractivity contribution is -0.191. The lowest BCUT2D eigenvalue weighted by Crippen LogP contribution is -2.50. The molecule has 3 saturated carbocycles. The summed E-state index contributed by atoms with van der Waals surface area (Å²) in [5.74, 6) is 0.